The van der Waals surface area contributed by atoms with E-state index in [2.05, 4.69) is 11.5 Å². The first-order chi connectivity index (χ1) is 21.3. The van der Waals surface area contributed by atoms with Crippen molar-refractivity contribution in [2.75, 3.05) is 26.2 Å². The van der Waals surface area contributed by atoms with Crippen LogP contribution < -0.4 is 10.3 Å². The maximum Gasteiger partial charge on any atom is 0.415 e. The number of piperidine rings is 2. The highest BCUT2D eigenvalue weighted by atomic mass is 16.6. The van der Waals surface area contributed by atoms with Crippen LogP contribution in [0.1, 0.15) is 67.7 Å². The lowest BCUT2D eigenvalue weighted by Gasteiger charge is -2.39. The van der Waals surface area contributed by atoms with Crippen LogP contribution in [0, 0.1) is 0 Å². The molecule has 4 aliphatic rings. The van der Waals surface area contributed by atoms with Crippen molar-refractivity contribution < 1.29 is 24.2 Å². The molecule has 7 rings (SSSR count). The summed E-state index contributed by atoms with van der Waals surface area (Å²) in [6.45, 7) is 9.42. The molecule has 44 heavy (non-hydrogen) atoms. The molecule has 2 aromatic heterocycles. The number of fused-ring (bicyclic) bond motifs is 5. The molecule has 1 N–H and O–H groups in total. The van der Waals surface area contributed by atoms with Crippen LogP contribution in [-0.2, 0) is 34.7 Å². The van der Waals surface area contributed by atoms with Gasteiger partial charge >= 0.3 is 12.1 Å². The zero-order chi connectivity index (χ0) is 30.6. The molecule has 3 aromatic rings. The monoisotopic (exact) mass is 598 g/mol. The van der Waals surface area contributed by atoms with Gasteiger partial charge in [-0.1, -0.05) is 19.4 Å². The van der Waals surface area contributed by atoms with Crippen LogP contribution in [-0.4, -0.2) is 68.7 Å². The minimum absolute atomic E-state index is 0.0859. The maximum absolute atomic E-state index is 13.5. The Morgan fingerprint density at radius 3 is 2.66 bits per heavy atom. The highest BCUT2D eigenvalue weighted by Gasteiger charge is 2.45. The van der Waals surface area contributed by atoms with E-state index in [0.29, 0.717) is 54.8 Å². The lowest BCUT2D eigenvalue weighted by atomic mass is 9.86. The Morgan fingerprint density at radius 1 is 1.16 bits per heavy atom. The number of ether oxygens (including phenoxy) is 2. The zero-order valence-corrected chi connectivity index (χ0v) is 25.1. The molecule has 0 spiro atoms. The van der Waals surface area contributed by atoms with Gasteiger partial charge in [-0.3, -0.25) is 4.79 Å². The van der Waals surface area contributed by atoms with Gasteiger partial charge in [0, 0.05) is 41.2 Å². The Labute approximate surface area is 255 Å². The minimum Gasteiger partial charge on any atom is -0.458 e. The summed E-state index contributed by atoms with van der Waals surface area (Å²) in [5.74, 6) is -0.266. The third-order valence-corrected chi connectivity index (χ3v) is 9.94. The largest absolute Gasteiger partial charge is 0.458 e. The number of esters is 1. The highest BCUT2D eigenvalue weighted by molar-refractivity contribution is 5.90. The molecule has 0 bridgehead atoms. The number of benzene rings is 1. The van der Waals surface area contributed by atoms with E-state index < -0.39 is 11.6 Å². The molecule has 1 amide bonds. The fourth-order valence-corrected chi connectivity index (χ4v) is 7.40. The fraction of sp³-hybridized carbons (Fsp3) is 0.471. The third kappa shape index (κ3) is 4.62. The molecular weight excluding hydrogens is 560 g/mol. The standard InChI is InChI=1S/C34H38N4O6/c1-3-8-23-24-17-21-19-38-28(18-26-25(31(38)39)20-43-32(40)34(26,42)4-2)30(21)35-27(24)9-10-29(23)44-33(41)37-15-11-22(12-16-37)36-13-6-5-7-14-36/h3,9-10,17-18,22,42H,1,4-8,11-16,19-20H2,2H3/t34-/m0/s1. The van der Waals surface area contributed by atoms with Crippen LogP contribution in [0.5, 0.6) is 5.75 Å². The van der Waals surface area contributed by atoms with E-state index in [4.69, 9.17) is 14.5 Å². The second kappa shape index (κ2) is 11.2. The van der Waals surface area contributed by atoms with Gasteiger partial charge in [0.15, 0.2) is 5.60 Å². The average Bonchev–Trinajstić information content (AvgIpc) is 3.41. The fourth-order valence-electron chi connectivity index (χ4n) is 7.40. The van der Waals surface area contributed by atoms with Crippen LogP contribution in [0.3, 0.4) is 0 Å². The van der Waals surface area contributed by atoms with Crippen LogP contribution in [0.25, 0.3) is 22.3 Å². The van der Waals surface area contributed by atoms with Crippen LogP contribution >= 0.6 is 0 Å². The van der Waals surface area contributed by atoms with Crippen molar-refractivity contribution in [3.05, 3.63) is 69.5 Å². The number of carbonyl (C=O) groups is 2. The second-order valence-electron chi connectivity index (χ2n) is 12.4. The van der Waals surface area contributed by atoms with Crippen molar-refractivity contribution in [1.29, 1.82) is 0 Å². The number of rotatable bonds is 5. The molecule has 10 nitrogen and oxygen atoms in total. The van der Waals surface area contributed by atoms with Gasteiger partial charge in [-0.15, -0.1) is 6.58 Å². The number of allylic oxidation sites excluding steroid dienone is 1. The summed E-state index contributed by atoms with van der Waals surface area (Å²) >= 11 is 0. The number of pyridine rings is 2. The molecule has 0 unspecified atom stereocenters. The number of hydrogen-bond acceptors (Lipinski definition) is 8. The van der Waals surface area contributed by atoms with Crippen molar-refractivity contribution in [3.63, 3.8) is 0 Å². The molecule has 6 heterocycles. The SMILES string of the molecule is C=CCc1c(OC(=O)N2CCC(N3CCCCC3)CC2)ccc2nc3c(cc12)Cn1c-3cc2c(c1=O)COC(=O)[C@]2(O)CC. The van der Waals surface area contributed by atoms with E-state index >= 15 is 0 Å². The molecule has 2 fully saturated rings. The lowest BCUT2D eigenvalue weighted by Crippen LogP contribution is -2.48. The third-order valence-electron chi connectivity index (χ3n) is 9.94. The number of carbonyl (C=O) groups excluding carboxylic acids is 2. The zero-order valence-electron chi connectivity index (χ0n) is 25.1. The quantitative estimate of drug-likeness (QED) is 0.268. The van der Waals surface area contributed by atoms with Crippen LogP contribution in [0.2, 0.25) is 0 Å². The van der Waals surface area contributed by atoms with Crippen LogP contribution in [0.4, 0.5) is 4.79 Å². The molecule has 4 aliphatic heterocycles. The summed E-state index contributed by atoms with van der Waals surface area (Å²) in [6, 6.07) is 7.85. The number of hydrogen-bond donors (Lipinski definition) is 1. The summed E-state index contributed by atoms with van der Waals surface area (Å²) in [4.78, 5) is 48.7. The van der Waals surface area contributed by atoms with Gasteiger partial charge in [0.25, 0.3) is 5.56 Å². The second-order valence-corrected chi connectivity index (χ2v) is 12.4. The van der Waals surface area contributed by atoms with Gasteiger partial charge in [0.1, 0.15) is 12.4 Å². The maximum atomic E-state index is 13.5. The van der Waals surface area contributed by atoms with Crippen molar-refractivity contribution in [2.24, 2.45) is 0 Å². The molecular formula is C34H38N4O6. The van der Waals surface area contributed by atoms with Gasteiger partial charge in [-0.2, -0.15) is 0 Å². The molecule has 2 saturated heterocycles. The Balaban J connectivity index is 1.18. The van der Waals surface area contributed by atoms with E-state index in [0.717, 1.165) is 42.4 Å². The van der Waals surface area contributed by atoms with Gasteiger partial charge in [-0.05, 0) is 75.9 Å². The number of aliphatic hydroxyl groups is 1. The molecule has 230 valence electrons. The summed E-state index contributed by atoms with van der Waals surface area (Å²) in [5.41, 5.74) is 1.91. The number of amides is 1. The predicted molar refractivity (Wildman–Crippen MR) is 164 cm³/mol. The lowest BCUT2D eigenvalue weighted by molar-refractivity contribution is -0.172. The topological polar surface area (TPSA) is 114 Å². The summed E-state index contributed by atoms with van der Waals surface area (Å²) < 4.78 is 12.8. The molecule has 0 aliphatic carbocycles. The Hall–Kier alpha value is -4.02. The first-order valence-corrected chi connectivity index (χ1v) is 15.8. The van der Waals surface area contributed by atoms with Crippen molar-refractivity contribution >= 4 is 23.0 Å². The van der Waals surface area contributed by atoms with E-state index in [9.17, 15) is 19.5 Å². The molecule has 0 saturated carbocycles. The number of nitrogens with zero attached hydrogens (tertiary/aromatic N) is 4. The predicted octanol–water partition coefficient (Wildman–Crippen LogP) is 4.26. The number of cyclic esters (lactones) is 1. The van der Waals surface area contributed by atoms with Crippen molar-refractivity contribution in [1.82, 2.24) is 19.4 Å². The van der Waals surface area contributed by atoms with Gasteiger partial charge in [0.2, 0.25) is 0 Å². The van der Waals surface area contributed by atoms with Crippen LogP contribution in [0.15, 0.2) is 41.7 Å². The number of aromatic nitrogens is 2. The smallest absolute Gasteiger partial charge is 0.415 e. The van der Waals surface area contributed by atoms with E-state index in [1.54, 1.807) is 34.6 Å². The molecule has 1 aromatic carbocycles. The van der Waals surface area contributed by atoms with E-state index in [1.165, 1.54) is 19.3 Å². The van der Waals surface area contributed by atoms with E-state index in [-0.39, 0.29) is 35.8 Å². The van der Waals surface area contributed by atoms with Gasteiger partial charge < -0.3 is 28.9 Å². The first-order valence-electron chi connectivity index (χ1n) is 15.8. The summed E-state index contributed by atoms with van der Waals surface area (Å²) in [5, 5.41) is 12.0. The normalized spacial score (nSPS) is 21.9. The first kappa shape index (κ1) is 28.7. The molecule has 1 atom stereocenters. The van der Waals surface area contributed by atoms with Gasteiger partial charge in [0.05, 0.1) is 29.0 Å². The minimum atomic E-state index is -1.87. The summed E-state index contributed by atoms with van der Waals surface area (Å²) in [6.07, 6.45) is 7.75. The Kier molecular flexibility index (Phi) is 7.29. The van der Waals surface area contributed by atoms with Crippen molar-refractivity contribution in [2.45, 2.75) is 76.7 Å². The Bertz CT molecular complexity index is 1730. The number of likely N-dealkylation sites (tertiary alicyclic amines) is 2. The Morgan fingerprint density at radius 2 is 1.93 bits per heavy atom. The summed E-state index contributed by atoms with van der Waals surface area (Å²) in [7, 11) is 0. The molecule has 0 radical (unpaired) electrons. The van der Waals surface area contributed by atoms with E-state index in [1.807, 2.05) is 12.1 Å². The highest BCUT2D eigenvalue weighted by Crippen LogP contribution is 2.40. The van der Waals surface area contributed by atoms with Gasteiger partial charge in [-0.25, -0.2) is 14.6 Å². The molecule has 10 heteroatoms. The van der Waals surface area contributed by atoms with Crippen molar-refractivity contribution in [3.8, 4) is 17.1 Å². The average molecular weight is 599 g/mol.